The summed E-state index contributed by atoms with van der Waals surface area (Å²) in [5.74, 6) is 0.295. The van der Waals surface area contributed by atoms with Crippen molar-refractivity contribution in [3.8, 4) is 5.75 Å². The number of hydrogen-bond acceptors (Lipinski definition) is 3. The summed E-state index contributed by atoms with van der Waals surface area (Å²) >= 11 is 0. The van der Waals surface area contributed by atoms with Gasteiger partial charge in [-0.3, -0.25) is 9.59 Å². The Balaban J connectivity index is 1.65. The molecule has 0 aliphatic rings. The van der Waals surface area contributed by atoms with E-state index in [0.29, 0.717) is 24.4 Å². The maximum absolute atomic E-state index is 11.9. The second-order valence-corrected chi connectivity index (χ2v) is 5.58. The Hall–Kier alpha value is -2.82. The Morgan fingerprint density at radius 3 is 2.29 bits per heavy atom. The van der Waals surface area contributed by atoms with E-state index in [9.17, 15) is 9.59 Å². The van der Waals surface area contributed by atoms with Gasteiger partial charge in [-0.25, -0.2) is 0 Å². The molecule has 0 unspecified atom stereocenters. The molecule has 5 nitrogen and oxygen atoms in total. The minimum Gasteiger partial charge on any atom is -0.484 e. The zero-order valence-electron chi connectivity index (χ0n) is 14.0. The minimum absolute atomic E-state index is 0.0463. The predicted octanol–water partition coefficient (Wildman–Crippen LogP) is 2.23. The summed E-state index contributed by atoms with van der Waals surface area (Å²) in [6.45, 7) is 4.57. The molecule has 2 N–H and O–H groups in total. The first-order chi connectivity index (χ1) is 11.5. The molecule has 24 heavy (non-hydrogen) atoms. The van der Waals surface area contributed by atoms with Crippen LogP contribution >= 0.6 is 0 Å². The van der Waals surface area contributed by atoms with Crippen molar-refractivity contribution in [2.75, 3.05) is 19.7 Å². The van der Waals surface area contributed by atoms with Crippen LogP contribution < -0.4 is 15.4 Å². The molecule has 5 heteroatoms. The smallest absolute Gasteiger partial charge is 0.258 e. The van der Waals surface area contributed by atoms with Crippen molar-refractivity contribution in [2.24, 2.45) is 0 Å². The van der Waals surface area contributed by atoms with Crippen LogP contribution in [0.3, 0.4) is 0 Å². The van der Waals surface area contributed by atoms with Crippen molar-refractivity contribution in [3.05, 3.63) is 65.2 Å². The summed E-state index contributed by atoms with van der Waals surface area (Å²) in [4.78, 5) is 23.6. The highest BCUT2D eigenvalue weighted by Gasteiger charge is 2.06. The average Bonchev–Trinajstić information content (AvgIpc) is 2.57. The minimum atomic E-state index is -0.221. The fraction of sp³-hybridized carbons (Fsp3) is 0.263. The van der Waals surface area contributed by atoms with E-state index in [1.54, 1.807) is 6.07 Å². The first kappa shape index (κ1) is 17.5. The molecule has 2 aromatic rings. The molecule has 126 valence electrons. The van der Waals surface area contributed by atoms with E-state index in [1.807, 2.05) is 56.3 Å². The Morgan fingerprint density at radius 1 is 0.917 bits per heavy atom. The van der Waals surface area contributed by atoms with Gasteiger partial charge in [-0.1, -0.05) is 29.8 Å². The summed E-state index contributed by atoms with van der Waals surface area (Å²) in [5.41, 5.74) is 2.72. The molecule has 0 radical (unpaired) electrons. The molecule has 0 spiro atoms. The number of carbonyl (C=O) groups excluding carboxylic acids is 2. The van der Waals surface area contributed by atoms with Gasteiger partial charge in [0.2, 0.25) is 0 Å². The van der Waals surface area contributed by atoms with Crippen LogP contribution in [0.2, 0.25) is 0 Å². The largest absolute Gasteiger partial charge is 0.484 e. The van der Waals surface area contributed by atoms with E-state index in [0.717, 1.165) is 11.1 Å². The number of benzene rings is 2. The van der Waals surface area contributed by atoms with Crippen LogP contribution in [0.25, 0.3) is 0 Å². The zero-order chi connectivity index (χ0) is 17.4. The third-order valence-corrected chi connectivity index (χ3v) is 3.37. The van der Waals surface area contributed by atoms with Gasteiger partial charge in [-0.15, -0.1) is 0 Å². The van der Waals surface area contributed by atoms with E-state index < -0.39 is 0 Å². The monoisotopic (exact) mass is 326 g/mol. The Kier molecular flexibility index (Phi) is 6.37. The molecular formula is C19H22N2O3. The number of hydrogen-bond donors (Lipinski definition) is 2. The van der Waals surface area contributed by atoms with Crippen molar-refractivity contribution in [1.29, 1.82) is 0 Å². The molecule has 0 aliphatic carbocycles. The first-order valence-corrected chi connectivity index (χ1v) is 7.85. The molecule has 0 heterocycles. The predicted molar refractivity (Wildman–Crippen MR) is 93.2 cm³/mol. The standard InChI is InChI=1S/C19H22N2O3/c1-14-5-3-7-16(11-14)19(23)21-10-9-20-18(22)13-24-17-8-4-6-15(2)12-17/h3-8,11-12H,9-10,13H2,1-2H3,(H,20,22)(H,21,23). The third-order valence-electron chi connectivity index (χ3n) is 3.37. The number of rotatable bonds is 7. The van der Waals surface area contributed by atoms with Crippen LogP contribution in [0.5, 0.6) is 5.75 Å². The fourth-order valence-electron chi connectivity index (χ4n) is 2.17. The van der Waals surface area contributed by atoms with Gasteiger partial charge in [0.05, 0.1) is 0 Å². The molecule has 0 aromatic heterocycles. The van der Waals surface area contributed by atoms with E-state index in [2.05, 4.69) is 10.6 Å². The van der Waals surface area contributed by atoms with Crippen molar-refractivity contribution < 1.29 is 14.3 Å². The van der Waals surface area contributed by atoms with Gasteiger partial charge >= 0.3 is 0 Å². The van der Waals surface area contributed by atoms with Gasteiger partial charge < -0.3 is 15.4 Å². The highest BCUT2D eigenvalue weighted by atomic mass is 16.5. The zero-order valence-corrected chi connectivity index (χ0v) is 14.0. The molecule has 2 rings (SSSR count). The number of amides is 2. The van der Waals surface area contributed by atoms with Crippen molar-refractivity contribution in [1.82, 2.24) is 10.6 Å². The summed E-state index contributed by atoms with van der Waals surface area (Å²) < 4.78 is 5.41. The maximum atomic E-state index is 11.9. The van der Waals surface area contributed by atoms with E-state index in [-0.39, 0.29) is 18.4 Å². The van der Waals surface area contributed by atoms with E-state index in [1.165, 1.54) is 0 Å². The van der Waals surface area contributed by atoms with Crippen LogP contribution in [0, 0.1) is 13.8 Å². The molecule has 0 saturated carbocycles. The topological polar surface area (TPSA) is 67.4 Å². The number of aryl methyl sites for hydroxylation is 2. The molecule has 0 atom stereocenters. The molecule has 2 aromatic carbocycles. The molecule has 2 amide bonds. The molecule has 0 aliphatic heterocycles. The van der Waals surface area contributed by atoms with Gasteiger partial charge in [0, 0.05) is 18.7 Å². The van der Waals surface area contributed by atoms with Gasteiger partial charge in [0.15, 0.2) is 6.61 Å². The third kappa shape index (κ3) is 5.76. The summed E-state index contributed by atoms with van der Waals surface area (Å²) in [6.07, 6.45) is 0. The quantitative estimate of drug-likeness (QED) is 0.767. The molecular weight excluding hydrogens is 304 g/mol. The van der Waals surface area contributed by atoms with Gasteiger partial charge in [-0.05, 0) is 43.7 Å². The molecule has 0 bridgehead atoms. The Labute approximate surface area is 142 Å². The fourth-order valence-corrected chi connectivity index (χ4v) is 2.17. The van der Waals surface area contributed by atoms with Crippen molar-refractivity contribution in [3.63, 3.8) is 0 Å². The Bertz CT molecular complexity index is 713. The van der Waals surface area contributed by atoms with Crippen LogP contribution in [0.15, 0.2) is 48.5 Å². The lowest BCUT2D eigenvalue weighted by molar-refractivity contribution is -0.123. The van der Waals surface area contributed by atoms with Gasteiger partial charge in [0.25, 0.3) is 11.8 Å². The normalized spacial score (nSPS) is 10.1. The van der Waals surface area contributed by atoms with Crippen LogP contribution in [0.4, 0.5) is 0 Å². The highest BCUT2D eigenvalue weighted by Crippen LogP contribution is 2.11. The van der Waals surface area contributed by atoms with Crippen LogP contribution in [-0.4, -0.2) is 31.5 Å². The lowest BCUT2D eigenvalue weighted by atomic mass is 10.1. The lowest BCUT2D eigenvalue weighted by Crippen LogP contribution is -2.36. The second-order valence-electron chi connectivity index (χ2n) is 5.58. The Morgan fingerprint density at radius 2 is 1.58 bits per heavy atom. The molecule has 0 fully saturated rings. The number of nitrogens with one attached hydrogen (secondary N) is 2. The van der Waals surface area contributed by atoms with Gasteiger partial charge in [0.1, 0.15) is 5.75 Å². The first-order valence-electron chi connectivity index (χ1n) is 7.85. The molecule has 0 saturated heterocycles. The van der Waals surface area contributed by atoms with Crippen molar-refractivity contribution >= 4 is 11.8 Å². The number of carbonyl (C=O) groups is 2. The summed E-state index contributed by atoms with van der Waals surface area (Å²) in [5, 5.41) is 5.48. The van der Waals surface area contributed by atoms with Gasteiger partial charge in [-0.2, -0.15) is 0 Å². The van der Waals surface area contributed by atoms with E-state index in [4.69, 9.17) is 4.74 Å². The highest BCUT2D eigenvalue weighted by molar-refractivity contribution is 5.94. The lowest BCUT2D eigenvalue weighted by Gasteiger charge is -2.09. The van der Waals surface area contributed by atoms with Crippen molar-refractivity contribution in [2.45, 2.75) is 13.8 Å². The maximum Gasteiger partial charge on any atom is 0.258 e. The SMILES string of the molecule is Cc1cccc(OCC(=O)NCCNC(=O)c2cccc(C)c2)c1. The van der Waals surface area contributed by atoms with Crippen LogP contribution in [-0.2, 0) is 4.79 Å². The van der Waals surface area contributed by atoms with Crippen LogP contribution in [0.1, 0.15) is 21.5 Å². The summed E-state index contributed by atoms with van der Waals surface area (Å²) in [7, 11) is 0. The summed E-state index contributed by atoms with van der Waals surface area (Å²) in [6, 6.07) is 14.9. The van der Waals surface area contributed by atoms with E-state index >= 15 is 0 Å². The second kappa shape index (κ2) is 8.72. The average molecular weight is 326 g/mol. The number of ether oxygens (including phenoxy) is 1.